The summed E-state index contributed by atoms with van der Waals surface area (Å²) in [5, 5.41) is 6.51. The summed E-state index contributed by atoms with van der Waals surface area (Å²) in [5.41, 5.74) is 4.03. The number of hydrogen-bond donors (Lipinski definition) is 2. The van der Waals surface area contributed by atoms with Crippen LogP contribution in [0, 0.1) is 13.8 Å². The lowest BCUT2D eigenvalue weighted by Crippen LogP contribution is -2.38. The van der Waals surface area contributed by atoms with E-state index in [-0.39, 0.29) is 29.9 Å². The van der Waals surface area contributed by atoms with Gasteiger partial charge in [-0.05, 0) is 42.7 Å². The quantitative estimate of drug-likeness (QED) is 0.260. The number of aliphatic imine (C=N–C) groups is 1. The fourth-order valence-electron chi connectivity index (χ4n) is 2.78. The summed E-state index contributed by atoms with van der Waals surface area (Å²) < 4.78 is 5.90. The molecule has 0 aliphatic rings. The van der Waals surface area contributed by atoms with E-state index in [0.717, 1.165) is 22.4 Å². The number of hydrogen-bond acceptors (Lipinski definition) is 3. The van der Waals surface area contributed by atoms with Crippen LogP contribution in [-0.4, -0.2) is 51.1 Å². The standard InChI is InChI=1S/C22H30N4O2.HI/c1-16-7-6-8-17(2)20(16)28-14-13-24-22(23-3)25-15-18-9-11-19(12-10-18)21(27)26(4)5;/h6-12H,13-15H2,1-5H3,(H2,23,24,25);1H. The van der Waals surface area contributed by atoms with E-state index in [9.17, 15) is 4.79 Å². The Morgan fingerprint density at radius 1 is 1.03 bits per heavy atom. The molecule has 1 amide bonds. The molecule has 6 nitrogen and oxygen atoms in total. The Morgan fingerprint density at radius 2 is 1.66 bits per heavy atom. The SMILES string of the molecule is CN=C(NCCOc1c(C)cccc1C)NCc1ccc(C(=O)N(C)C)cc1.I. The first-order chi connectivity index (χ1) is 13.4. The summed E-state index contributed by atoms with van der Waals surface area (Å²) in [7, 11) is 5.23. The minimum atomic E-state index is 0. The number of rotatable bonds is 7. The lowest BCUT2D eigenvalue weighted by atomic mass is 10.1. The van der Waals surface area contributed by atoms with E-state index in [2.05, 4.69) is 15.6 Å². The largest absolute Gasteiger partial charge is 0.491 e. The number of carbonyl (C=O) groups is 1. The van der Waals surface area contributed by atoms with Crippen molar-refractivity contribution in [1.29, 1.82) is 0 Å². The first kappa shape index (κ1) is 24.7. The Bertz CT molecular complexity index is 800. The lowest BCUT2D eigenvalue weighted by molar-refractivity contribution is 0.0827. The molecular weight excluding hydrogens is 479 g/mol. The van der Waals surface area contributed by atoms with E-state index < -0.39 is 0 Å². The van der Waals surface area contributed by atoms with Gasteiger partial charge in [0.1, 0.15) is 12.4 Å². The fraction of sp³-hybridized carbons (Fsp3) is 0.364. The monoisotopic (exact) mass is 510 g/mol. The molecule has 0 unspecified atom stereocenters. The Hall–Kier alpha value is -2.29. The summed E-state index contributed by atoms with van der Waals surface area (Å²) in [6.07, 6.45) is 0. The third kappa shape index (κ3) is 7.56. The molecule has 2 rings (SSSR count). The molecule has 0 aliphatic heterocycles. The number of halogens is 1. The van der Waals surface area contributed by atoms with Crippen LogP contribution in [0.5, 0.6) is 5.75 Å². The number of nitrogens with one attached hydrogen (secondary N) is 2. The molecule has 2 N–H and O–H groups in total. The zero-order valence-corrected chi connectivity index (χ0v) is 20.1. The Kier molecular flexibility index (Phi) is 10.5. The summed E-state index contributed by atoms with van der Waals surface area (Å²) in [4.78, 5) is 17.7. The van der Waals surface area contributed by atoms with E-state index in [4.69, 9.17) is 4.74 Å². The normalized spacial score (nSPS) is 10.7. The van der Waals surface area contributed by atoms with Gasteiger partial charge in [-0.2, -0.15) is 0 Å². The molecule has 0 heterocycles. The van der Waals surface area contributed by atoms with Crippen molar-refractivity contribution in [3.05, 3.63) is 64.7 Å². The maximum atomic E-state index is 11.9. The third-order valence-corrected chi connectivity index (χ3v) is 4.34. The average molecular weight is 510 g/mol. The molecule has 0 spiro atoms. The first-order valence-corrected chi connectivity index (χ1v) is 9.36. The van der Waals surface area contributed by atoms with E-state index in [1.165, 1.54) is 0 Å². The highest BCUT2D eigenvalue weighted by molar-refractivity contribution is 14.0. The van der Waals surface area contributed by atoms with Crippen molar-refractivity contribution < 1.29 is 9.53 Å². The second kappa shape index (κ2) is 12.3. The Balaban J connectivity index is 0.00000420. The molecule has 0 aromatic heterocycles. The number of aryl methyl sites for hydroxylation is 2. The van der Waals surface area contributed by atoms with Crippen LogP contribution in [-0.2, 0) is 6.54 Å². The number of amides is 1. The highest BCUT2D eigenvalue weighted by atomic mass is 127. The van der Waals surface area contributed by atoms with Crippen molar-refractivity contribution >= 4 is 35.8 Å². The Labute approximate surface area is 190 Å². The highest BCUT2D eigenvalue weighted by Crippen LogP contribution is 2.21. The van der Waals surface area contributed by atoms with Gasteiger partial charge in [0, 0.05) is 33.3 Å². The molecule has 2 aromatic rings. The average Bonchev–Trinajstić information content (AvgIpc) is 2.69. The van der Waals surface area contributed by atoms with Crippen LogP contribution in [0.15, 0.2) is 47.5 Å². The molecule has 0 aliphatic carbocycles. The van der Waals surface area contributed by atoms with Gasteiger partial charge < -0.3 is 20.3 Å². The topological polar surface area (TPSA) is 66.0 Å². The van der Waals surface area contributed by atoms with Crippen molar-refractivity contribution in [2.75, 3.05) is 34.3 Å². The van der Waals surface area contributed by atoms with Gasteiger partial charge in [0.15, 0.2) is 5.96 Å². The number of para-hydroxylation sites is 1. The molecule has 0 fully saturated rings. The van der Waals surface area contributed by atoms with Gasteiger partial charge >= 0.3 is 0 Å². The molecule has 0 radical (unpaired) electrons. The fourth-order valence-corrected chi connectivity index (χ4v) is 2.78. The van der Waals surface area contributed by atoms with Gasteiger partial charge in [0.2, 0.25) is 0 Å². The molecule has 0 bridgehead atoms. The zero-order chi connectivity index (χ0) is 20.5. The van der Waals surface area contributed by atoms with E-state index in [1.54, 1.807) is 26.0 Å². The molecule has 0 atom stereocenters. The van der Waals surface area contributed by atoms with Crippen molar-refractivity contribution in [3.8, 4) is 5.75 Å². The molecule has 0 saturated heterocycles. The maximum Gasteiger partial charge on any atom is 0.253 e. The predicted octanol–water partition coefficient (Wildman–Crippen LogP) is 3.37. The number of nitrogens with zero attached hydrogens (tertiary/aromatic N) is 2. The second-order valence-electron chi connectivity index (χ2n) is 6.82. The molecule has 158 valence electrons. The van der Waals surface area contributed by atoms with Crippen LogP contribution < -0.4 is 15.4 Å². The minimum absolute atomic E-state index is 0. The van der Waals surface area contributed by atoms with Crippen LogP contribution in [0.2, 0.25) is 0 Å². The summed E-state index contributed by atoms with van der Waals surface area (Å²) >= 11 is 0. The number of ether oxygens (including phenoxy) is 1. The van der Waals surface area contributed by atoms with Gasteiger partial charge in [-0.15, -0.1) is 24.0 Å². The van der Waals surface area contributed by atoms with Gasteiger partial charge in [-0.3, -0.25) is 9.79 Å². The van der Waals surface area contributed by atoms with Crippen molar-refractivity contribution in [2.24, 2.45) is 4.99 Å². The van der Waals surface area contributed by atoms with Crippen molar-refractivity contribution in [2.45, 2.75) is 20.4 Å². The van der Waals surface area contributed by atoms with Gasteiger partial charge in [-0.25, -0.2) is 0 Å². The van der Waals surface area contributed by atoms with Crippen LogP contribution in [0.25, 0.3) is 0 Å². The number of guanidine groups is 1. The maximum absolute atomic E-state index is 11.9. The summed E-state index contributed by atoms with van der Waals surface area (Å²) in [5.74, 6) is 1.65. The molecule has 7 heteroatoms. The van der Waals surface area contributed by atoms with Gasteiger partial charge in [-0.1, -0.05) is 30.3 Å². The Morgan fingerprint density at radius 3 is 2.21 bits per heavy atom. The van der Waals surface area contributed by atoms with Crippen molar-refractivity contribution in [3.63, 3.8) is 0 Å². The highest BCUT2D eigenvalue weighted by Gasteiger charge is 2.07. The number of benzene rings is 2. The predicted molar refractivity (Wildman–Crippen MR) is 129 cm³/mol. The van der Waals surface area contributed by atoms with E-state index in [1.807, 2.05) is 56.3 Å². The van der Waals surface area contributed by atoms with Gasteiger partial charge in [0.05, 0.1) is 6.54 Å². The van der Waals surface area contributed by atoms with Crippen LogP contribution in [0.4, 0.5) is 0 Å². The smallest absolute Gasteiger partial charge is 0.253 e. The van der Waals surface area contributed by atoms with Crippen LogP contribution >= 0.6 is 24.0 Å². The molecule has 0 saturated carbocycles. The summed E-state index contributed by atoms with van der Waals surface area (Å²) in [6.45, 7) is 5.91. The van der Waals surface area contributed by atoms with Gasteiger partial charge in [0.25, 0.3) is 5.91 Å². The van der Waals surface area contributed by atoms with E-state index in [0.29, 0.717) is 31.2 Å². The van der Waals surface area contributed by atoms with Crippen LogP contribution in [0.1, 0.15) is 27.0 Å². The molecule has 29 heavy (non-hydrogen) atoms. The molecule has 2 aromatic carbocycles. The first-order valence-electron chi connectivity index (χ1n) is 9.36. The number of carbonyl (C=O) groups excluding carboxylic acids is 1. The van der Waals surface area contributed by atoms with Crippen molar-refractivity contribution in [1.82, 2.24) is 15.5 Å². The lowest BCUT2D eigenvalue weighted by Gasteiger charge is -2.15. The molecular formula is C22H31IN4O2. The van der Waals surface area contributed by atoms with E-state index >= 15 is 0 Å². The minimum Gasteiger partial charge on any atom is -0.491 e. The second-order valence-corrected chi connectivity index (χ2v) is 6.82. The third-order valence-electron chi connectivity index (χ3n) is 4.34. The zero-order valence-electron chi connectivity index (χ0n) is 17.8. The van der Waals surface area contributed by atoms with Crippen LogP contribution in [0.3, 0.4) is 0 Å². The summed E-state index contributed by atoms with van der Waals surface area (Å²) in [6, 6.07) is 13.7.